The summed E-state index contributed by atoms with van der Waals surface area (Å²) in [4.78, 5) is 19.6. The molecule has 0 atom stereocenters. The third-order valence-corrected chi connectivity index (χ3v) is 3.63. The molecule has 2 heterocycles. The first-order chi connectivity index (χ1) is 10.3. The van der Waals surface area contributed by atoms with E-state index in [0.29, 0.717) is 11.4 Å². The molecule has 0 aliphatic rings. The van der Waals surface area contributed by atoms with E-state index in [-0.39, 0.29) is 5.56 Å². The minimum absolute atomic E-state index is 0.227. The highest BCUT2D eigenvalue weighted by Crippen LogP contribution is 2.25. The second kappa shape index (κ2) is 4.21. The average molecular weight is 276 g/mol. The molecule has 0 saturated heterocycles. The van der Waals surface area contributed by atoms with Gasteiger partial charge in [0.25, 0.3) is 5.56 Å². The van der Waals surface area contributed by atoms with Gasteiger partial charge in [-0.05, 0) is 18.2 Å². The van der Waals surface area contributed by atoms with Gasteiger partial charge in [0.2, 0.25) is 0 Å². The summed E-state index contributed by atoms with van der Waals surface area (Å²) < 4.78 is 1.73. The van der Waals surface area contributed by atoms with Gasteiger partial charge in [-0.1, -0.05) is 30.3 Å². The molecule has 5 nitrogen and oxygen atoms in total. The van der Waals surface area contributed by atoms with E-state index in [4.69, 9.17) is 5.73 Å². The van der Waals surface area contributed by atoms with Crippen LogP contribution in [0.2, 0.25) is 0 Å². The second-order valence-electron chi connectivity index (χ2n) is 4.87. The smallest absolute Gasteiger partial charge is 0.274 e. The van der Waals surface area contributed by atoms with E-state index >= 15 is 0 Å². The molecule has 21 heavy (non-hydrogen) atoms. The van der Waals surface area contributed by atoms with Gasteiger partial charge in [-0.15, -0.1) is 0 Å². The Morgan fingerprint density at radius 2 is 1.81 bits per heavy atom. The van der Waals surface area contributed by atoms with E-state index in [1.54, 1.807) is 10.9 Å². The fourth-order valence-electron chi connectivity index (χ4n) is 2.63. The van der Waals surface area contributed by atoms with Crippen molar-refractivity contribution in [3.05, 3.63) is 65.2 Å². The Balaban J connectivity index is 2.13. The number of anilines is 1. The lowest BCUT2D eigenvalue weighted by atomic mass is 10.1. The number of aromatic amines is 1. The third kappa shape index (κ3) is 1.64. The molecule has 0 saturated carbocycles. The average Bonchev–Trinajstić information content (AvgIpc) is 2.91. The zero-order chi connectivity index (χ0) is 14.4. The van der Waals surface area contributed by atoms with Gasteiger partial charge in [0.1, 0.15) is 12.0 Å². The van der Waals surface area contributed by atoms with Gasteiger partial charge in [-0.25, -0.2) is 4.98 Å². The Bertz CT molecular complexity index is 1030. The fraction of sp³-hybridized carbons (Fsp3) is 0. The Kier molecular flexibility index (Phi) is 2.35. The number of fused-ring (bicyclic) bond motifs is 2. The molecule has 0 fully saturated rings. The first-order valence-corrected chi connectivity index (χ1v) is 6.58. The first-order valence-electron chi connectivity index (χ1n) is 6.58. The maximum Gasteiger partial charge on any atom is 0.274 e. The Morgan fingerprint density at radius 1 is 1.05 bits per heavy atom. The molecular weight excluding hydrogens is 264 g/mol. The van der Waals surface area contributed by atoms with Crippen molar-refractivity contribution in [3.8, 4) is 5.69 Å². The molecule has 2 aromatic heterocycles. The topological polar surface area (TPSA) is 76.7 Å². The third-order valence-electron chi connectivity index (χ3n) is 3.63. The fourth-order valence-corrected chi connectivity index (χ4v) is 2.63. The van der Waals surface area contributed by atoms with Gasteiger partial charge < -0.3 is 10.7 Å². The molecule has 5 heteroatoms. The summed E-state index contributed by atoms with van der Waals surface area (Å²) in [6.07, 6.45) is 1.63. The van der Waals surface area contributed by atoms with Crippen molar-refractivity contribution in [2.45, 2.75) is 0 Å². The lowest BCUT2D eigenvalue weighted by Gasteiger charge is -2.09. The molecule has 0 spiro atoms. The summed E-state index contributed by atoms with van der Waals surface area (Å²) in [5.74, 6) is 0. The van der Waals surface area contributed by atoms with Crippen molar-refractivity contribution in [2.75, 3.05) is 5.73 Å². The van der Waals surface area contributed by atoms with Gasteiger partial charge in [-0.2, -0.15) is 0 Å². The molecule has 102 valence electrons. The van der Waals surface area contributed by atoms with E-state index in [1.165, 1.54) is 0 Å². The van der Waals surface area contributed by atoms with Crippen molar-refractivity contribution < 1.29 is 0 Å². The van der Waals surface area contributed by atoms with Crippen LogP contribution < -0.4 is 11.3 Å². The van der Waals surface area contributed by atoms with E-state index in [2.05, 4.69) is 9.97 Å². The van der Waals surface area contributed by atoms with Crippen LogP contribution in [0.4, 0.5) is 5.69 Å². The van der Waals surface area contributed by atoms with Gasteiger partial charge >= 0.3 is 0 Å². The highest BCUT2D eigenvalue weighted by Gasteiger charge is 2.14. The van der Waals surface area contributed by atoms with Crippen molar-refractivity contribution in [1.82, 2.24) is 14.5 Å². The predicted octanol–water partition coefficient (Wildman–Crippen LogP) is 2.45. The molecule has 0 aliphatic heterocycles. The number of hydrogen-bond donors (Lipinski definition) is 2. The van der Waals surface area contributed by atoms with Gasteiger partial charge in [0, 0.05) is 5.39 Å². The summed E-state index contributed by atoms with van der Waals surface area (Å²) in [5, 5.41) is 0.824. The second-order valence-corrected chi connectivity index (χ2v) is 4.87. The van der Waals surface area contributed by atoms with E-state index in [9.17, 15) is 4.79 Å². The zero-order valence-electron chi connectivity index (χ0n) is 11.1. The number of para-hydroxylation sites is 3. The van der Waals surface area contributed by atoms with Crippen molar-refractivity contribution >= 4 is 27.6 Å². The van der Waals surface area contributed by atoms with Gasteiger partial charge in [0.05, 0.1) is 22.2 Å². The lowest BCUT2D eigenvalue weighted by molar-refractivity contribution is 1.06. The Hall–Kier alpha value is -3.08. The van der Waals surface area contributed by atoms with Crippen LogP contribution in [0.15, 0.2) is 59.7 Å². The number of nitrogens with two attached hydrogens (primary N) is 1. The molecular formula is C16H12N4O. The maximum atomic E-state index is 12.4. The van der Waals surface area contributed by atoms with Crippen molar-refractivity contribution in [2.24, 2.45) is 0 Å². The minimum atomic E-state index is -0.227. The van der Waals surface area contributed by atoms with E-state index in [0.717, 1.165) is 21.9 Å². The summed E-state index contributed by atoms with van der Waals surface area (Å²) in [6, 6.07) is 15.1. The zero-order valence-corrected chi connectivity index (χ0v) is 11.1. The number of hydrogen-bond acceptors (Lipinski definition) is 3. The summed E-state index contributed by atoms with van der Waals surface area (Å²) >= 11 is 0. The monoisotopic (exact) mass is 276 g/mol. The maximum absolute atomic E-state index is 12.4. The number of nitrogen functional groups attached to an aromatic ring is 1. The van der Waals surface area contributed by atoms with E-state index < -0.39 is 0 Å². The van der Waals surface area contributed by atoms with Crippen LogP contribution in [0.5, 0.6) is 0 Å². The van der Waals surface area contributed by atoms with Crippen LogP contribution in [0.3, 0.4) is 0 Å². The molecule has 0 unspecified atom stereocenters. The largest absolute Gasteiger partial charge is 0.396 e. The van der Waals surface area contributed by atoms with Gasteiger partial charge in [-0.3, -0.25) is 9.36 Å². The number of aromatic nitrogens is 3. The molecule has 0 bridgehead atoms. The molecule has 4 aromatic rings. The highest BCUT2D eigenvalue weighted by atomic mass is 16.1. The minimum Gasteiger partial charge on any atom is -0.396 e. The summed E-state index contributed by atoms with van der Waals surface area (Å²) in [7, 11) is 0. The lowest BCUT2D eigenvalue weighted by Crippen LogP contribution is -2.17. The van der Waals surface area contributed by atoms with Crippen LogP contribution in [0.25, 0.3) is 27.6 Å². The number of benzene rings is 2. The number of nitrogens with one attached hydrogen (secondary N) is 1. The molecule has 3 N–H and O–H groups in total. The Morgan fingerprint density at radius 3 is 2.71 bits per heavy atom. The van der Waals surface area contributed by atoms with Crippen LogP contribution in [0, 0.1) is 0 Å². The molecule has 0 radical (unpaired) electrons. The number of pyridine rings is 1. The SMILES string of the molecule is Nc1c(-n2cnc3ccccc32)c(=O)[nH]c2ccccc12. The quantitative estimate of drug-likeness (QED) is 0.560. The number of imidazole rings is 1. The van der Waals surface area contributed by atoms with Gasteiger partial charge in [0.15, 0.2) is 0 Å². The summed E-state index contributed by atoms with van der Waals surface area (Å²) in [6.45, 7) is 0. The van der Waals surface area contributed by atoms with Crippen LogP contribution in [-0.4, -0.2) is 14.5 Å². The van der Waals surface area contributed by atoms with E-state index in [1.807, 2.05) is 48.5 Å². The van der Waals surface area contributed by atoms with Crippen LogP contribution in [-0.2, 0) is 0 Å². The number of nitrogens with zero attached hydrogens (tertiary/aromatic N) is 2. The van der Waals surface area contributed by atoms with Crippen molar-refractivity contribution in [1.29, 1.82) is 0 Å². The standard InChI is InChI=1S/C16H12N4O/c17-14-10-5-1-2-6-11(10)19-16(21)15(14)20-9-18-12-7-3-4-8-13(12)20/h1-9H,(H3,17,19,21). The predicted molar refractivity (Wildman–Crippen MR) is 83.6 cm³/mol. The Labute approximate surface area is 119 Å². The van der Waals surface area contributed by atoms with Crippen LogP contribution >= 0.6 is 0 Å². The number of rotatable bonds is 1. The molecule has 2 aromatic carbocycles. The number of H-pyrrole nitrogens is 1. The normalized spacial score (nSPS) is 11.2. The summed E-state index contributed by atoms with van der Waals surface area (Å²) in [5.41, 5.74) is 9.27. The molecule has 4 rings (SSSR count). The highest BCUT2D eigenvalue weighted by molar-refractivity contribution is 5.94. The first kappa shape index (κ1) is 11.7. The molecule has 0 aliphatic carbocycles. The molecule has 0 amide bonds. The van der Waals surface area contributed by atoms with Crippen LogP contribution in [0.1, 0.15) is 0 Å². The van der Waals surface area contributed by atoms with Crippen molar-refractivity contribution in [3.63, 3.8) is 0 Å².